The summed E-state index contributed by atoms with van der Waals surface area (Å²) < 4.78 is 20.3. The van der Waals surface area contributed by atoms with Crippen molar-refractivity contribution in [2.75, 3.05) is 32.8 Å². The van der Waals surface area contributed by atoms with Crippen LogP contribution in [0.3, 0.4) is 0 Å². The molecule has 0 bridgehead atoms. The molecule has 0 aromatic heterocycles. The number of hydrogen-bond donors (Lipinski definition) is 1. The first kappa shape index (κ1) is 21.9. The van der Waals surface area contributed by atoms with Gasteiger partial charge in [-0.3, -0.25) is 4.79 Å². The molecule has 29 heavy (non-hydrogen) atoms. The molecule has 8 heteroatoms. The first-order valence-corrected chi connectivity index (χ1v) is 8.88. The van der Waals surface area contributed by atoms with Crippen LogP contribution in [0, 0.1) is 0 Å². The Balaban J connectivity index is 1.92. The average Bonchev–Trinajstić information content (AvgIpc) is 2.75. The number of carbonyl (C=O) groups excluding carboxylic acids is 3. The van der Waals surface area contributed by atoms with Crippen LogP contribution in [0.1, 0.15) is 33.2 Å². The minimum Gasteiger partial charge on any atom is -0.496 e. The summed E-state index contributed by atoms with van der Waals surface area (Å²) in [6, 6.07) is 11.0. The minimum atomic E-state index is -0.637. The number of carbonyl (C=O) groups is 3. The molecule has 0 saturated carbocycles. The highest BCUT2D eigenvalue weighted by molar-refractivity contribution is 5.96. The Hall–Kier alpha value is -3.39. The second kappa shape index (κ2) is 10.8. The molecule has 1 amide bonds. The number of hydrogen-bond acceptors (Lipinski definition) is 7. The van der Waals surface area contributed by atoms with Crippen molar-refractivity contribution in [3.8, 4) is 5.75 Å². The molecule has 0 aliphatic carbocycles. The number of rotatable bonds is 9. The number of methoxy groups -OCH3 is 2. The largest absolute Gasteiger partial charge is 0.496 e. The summed E-state index contributed by atoms with van der Waals surface area (Å²) >= 11 is 0. The van der Waals surface area contributed by atoms with Gasteiger partial charge in [0.1, 0.15) is 5.75 Å². The van der Waals surface area contributed by atoms with Gasteiger partial charge in [0.05, 0.1) is 32.0 Å². The molecule has 0 unspecified atom stereocenters. The third-order valence-electron chi connectivity index (χ3n) is 3.90. The van der Waals surface area contributed by atoms with Gasteiger partial charge < -0.3 is 24.3 Å². The lowest BCUT2D eigenvalue weighted by atomic mass is 10.1. The molecule has 8 nitrogen and oxygen atoms in total. The monoisotopic (exact) mass is 401 g/mol. The molecule has 0 spiro atoms. The molecule has 2 rings (SSSR count). The van der Waals surface area contributed by atoms with E-state index in [1.54, 1.807) is 30.3 Å². The summed E-state index contributed by atoms with van der Waals surface area (Å²) in [5, 5.41) is 2.58. The van der Waals surface area contributed by atoms with E-state index in [1.807, 2.05) is 6.92 Å². The highest BCUT2D eigenvalue weighted by Crippen LogP contribution is 2.21. The Bertz CT molecular complexity index is 862. The fourth-order valence-corrected chi connectivity index (χ4v) is 2.45. The zero-order valence-electron chi connectivity index (χ0n) is 16.5. The lowest BCUT2D eigenvalue weighted by molar-refractivity contribution is -0.119. The third-order valence-corrected chi connectivity index (χ3v) is 3.90. The smallest absolute Gasteiger partial charge is 0.338 e. The predicted octanol–water partition coefficient (Wildman–Crippen LogP) is 2.81. The van der Waals surface area contributed by atoms with E-state index in [2.05, 4.69) is 10.1 Å². The number of benzene rings is 2. The molecule has 0 radical (unpaired) electrons. The number of anilines is 1. The molecule has 2 aromatic carbocycles. The molecule has 0 aliphatic heterocycles. The minimum absolute atomic E-state index is 0.288. The van der Waals surface area contributed by atoms with Crippen LogP contribution in [0.25, 0.3) is 0 Å². The van der Waals surface area contributed by atoms with Crippen molar-refractivity contribution in [2.24, 2.45) is 0 Å². The maximum Gasteiger partial charge on any atom is 0.338 e. The lowest BCUT2D eigenvalue weighted by Gasteiger charge is -2.11. The van der Waals surface area contributed by atoms with Crippen LogP contribution in [-0.2, 0) is 25.6 Å². The fraction of sp³-hybridized carbons (Fsp3) is 0.286. The normalized spacial score (nSPS) is 10.2. The van der Waals surface area contributed by atoms with Crippen molar-refractivity contribution >= 4 is 23.5 Å². The Labute approximate surface area is 168 Å². The topological polar surface area (TPSA) is 100 Å². The second-order valence-corrected chi connectivity index (χ2v) is 5.86. The maximum atomic E-state index is 12.2. The van der Waals surface area contributed by atoms with Gasteiger partial charge in [0, 0.05) is 17.9 Å². The maximum absolute atomic E-state index is 12.2. The van der Waals surface area contributed by atoms with Crippen molar-refractivity contribution in [2.45, 2.75) is 13.5 Å². The van der Waals surface area contributed by atoms with E-state index in [-0.39, 0.29) is 5.56 Å². The van der Waals surface area contributed by atoms with Gasteiger partial charge in [0.15, 0.2) is 6.61 Å². The predicted molar refractivity (Wildman–Crippen MR) is 105 cm³/mol. The first-order chi connectivity index (χ1) is 14.0. The van der Waals surface area contributed by atoms with Crippen molar-refractivity contribution < 1.29 is 33.3 Å². The Morgan fingerprint density at radius 3 is 2.24 bits per heavy atom. The summed E-state index contributed by atoms with van der Waals surface area (Å²) in [5.74, 6) is -1.02. The standard InChI is InChI=1S/C21H23NO7/c1-4-28-12-16-11-15(7-10-18(16)26-2)21(25)29-13-19(23)22-17-8-5-14(6-9-17)20(24)27-3/h5-11H,4,12-13H2,1-3H3,(H,22,23). The molecule has 0 fully saturated rings. The third kappa shape index (κ3) is 6.32. The van der Waals surface area contributed by atoms with Crippen LogP contribution < -0.4 is 10.1 Å². The van der Waals surface area contributed by atoms with Gasteiger partial charge >= 0.3 is 11.9 Å². The van der Waals surface area contributed by atoms with Crippen LogP contribution in [0.2, 0.25) is 0 Å². The number of esters is 2. The van der Waals surface area contributed by atoms with Crippen LogP contribution in [0.4, 0.5) is 5.69 Å². The van der Waals surface area contributed by atoms with E-state index >= 15 is 0 Å². The zero-order chi connectivity index (χ0) is 21.2. The highest BCUT2D eigenvalue weighted by Gasteiger charge is 2.14. The van der Waals surface area contributed by atoms with Gasteiger partial charge in [-0.1, -0.05) is 0 Å². The summed E-state index contributed by atoms with van der Waals surface area (Å²) in [4.78, 5) is 35.7. The van der Waals surface area contributed by atoms with Crippen molar-refractivity contribution in [1.29, 1.82) is 0 Å². The van der Waals surface area contributed by atoms with E-state index in [4.69, 9.17) is 14.2 Å². The molecular weight excluding hydrogens is 378 g/mol. The molecule has 2 aromatic rings. The van der Waals surface area contributed by atoms with Crippen molar-refractivity contribution in [3.63, 3.8) is 0 Å². The molecule has 154 valence electrons. The second-order valence-electron chi connectivity index (χ2n) is 5.86. The summed E-state index contributed by atoms with van der Waals surface area (Å²) in [6.07, 6.45) is 0. The Morgan fingerprint density at radius 2 is 1.62 bits per heavy atom. The molecule has 1 N–H and O–H groups in total. The Morgan fingerprint density at radius 1 is 0.931 bits per heavy atom. The van der Waals surface area contributed by atoms with Gasteiger partial charge in [-0.25, -0.2) is 9.59 Å². The Kier molecular flexibility index (Phi) is 8.17. The molecule has 0 heterocycles. The lowest BCUT2D eigenvalue weighted by Crippen LogP contribution is -2.21. The van der Waals surface area contributed by atoms with Crippen LogP contribution in [0.15, 0.2) is 42.5 Å². The van der Waals surface area contributed by atoms with E-state index in [0.717, 1.165) is 0 Å². The number of amides is 1. The quantitative estimate of drug-likeness (QED) is 0.645. The SMILES string of the molecule is CCOCc1cc(C(=O)OCC(=O)Nc2ccc(C(=O)OC)cc2)ccc1OC. The van der Waals surface area contributed by atoms with Gasteiger partial charge in [-0.2, -0.15) is 0 Å². The van der Waals surface area contributed by atoms with Crippen LogP contribution >= 0.6 is 0 Å². The van der Waals surface area contributed by atoms with E-state index in [9.17, 15) is 14.4 Å². The van der Waals surface area contributed by atoms with Crippen molar-refractivity contribution in [3.05, 3.63) is 59.2 Å². The number of nitrogens with one attached hydrogen (secondary N) is 1. The fourth-order valence-electron chi connectivity index (χ4n) is 2.45. The first-order valence-electron chi connectivity index (χ1n) is 8.88. The molecular formula is C21H23NO7. The van der Waals surface area contributed by atoms with Gasteiger partial charge in [0.25, 0.3) is 5.91 Å². The summed E-state index contributed by atoms with van der Waals surface area (Å²) in [6.45, 7) is 2.23. The van der Waals surface area contributed by atoms with Crippen molar-refractivity contribution in [1.82, 2.24) is 0 Å². The highest BCUT2D eigenvalue weighted by atomic mass is 16.5. The van der Waals surface area contributed by atoms with E-state index in [1.165, 1.54) is 26.4 Å². The van der Waals surface area contributed by atoms with Crippen LogP contribution in [0.5, 0.6) is 5.75 Å². The van der Waals surface area contributed by atoms with E-state index < -0.39 is 24.5 Å². The molecule has 0 atom stereocenters. The summed E-state index contributed by atoms with van der Waals surface area (Å²) in [5.41, 5.74) is 1.82. The zero-order valence-corrected chi connectivity index (χ0v) is 16.5. The number of ether oxygens (including phenoxy) is 4. The van der Waals surface area contributed by atoms with Gasteiger partial charge in [0.2, 0.25) is 0 Å². The van der Waals surface area contributed by atoms with E-state index in [0.29, 0.717) is 35.8 Å². The summed E-state index contributed by atoms with van der Waals surface area (Å²) in [7, 11) is 2.82. The van der Waals surface area contributed by atoms with Gasteiger partial charge in [-0.05, 0) is 49.4 Å². The van der Waals surface area contributed by atoms with Crippen LogP contribution in [-0.4, -0.2) is 45.3 Å². The van der Waals surface area contributed by atoms with Gasteiger partial charge in [-0.15, -0.1) is 0 Å². The average molecular weight is 401 g/mol. The molecule has 0 saturated heterocycles. The molecule has 0 aliphatic rings.